The molecule has 8 nitrogen and oxygen atoms in total. The SMILES string of the molecule is CCS(=O)(=O)N1CCN(Cc2ccc(C)cc2)CC1.O=C(O)C(=O)O. The lowest BCUT2D eigenvalue weighted by atomic mass is 10.1. The summed E-state index contributed by atoms with van der Waals surface area (Å²) in [5.74, 6) is -3.45. The Morgan fingerprint density at radius 1 is 1.00 bits per heavy atom. The minimum atomic E-state index is -3.02. The van der Waals surface area contributed by atoms with Gasteiger partial charge in [-0.05, 0) is 19.4 Å². The van der Waals surface area contributed by atoms with Crippen LogP contribution in [0.5, 0.6) is 0 Å². The first kappa shape index (κ1) is 21.1. The average Bonchev–Trinajstić information content (AvgIpc) is 2.58. The Bertz CT molecular complexity index is 667. The summed E-state index contributed by atoms with van der Waals surface area (Å²) in [5.41, 5.74) is 2.56. The molecule has 2 rings (SSSR count). The minimum absolute atomic E-state index is 0.199. The van der Waals surface area contributed by atoms with Gasteiger partial charge in [0.05, 0.1) is 5.75 Å². The third kappa shape index (κ3) is 7.20. The van der Waals surface area contributed by atoms with Crippen molar-refractivity contribution in [3.8, 4) is 0 Å². The minimum Gasteiger partial charge on any atom is -0.473 e. The zero-order valence-corrected chi connectivity index (χ0v) is 15.2. The Balaban J connectivity index is 0.000000450. The van der Waals surface area contributed by atoms with Crippen molar-refractivity contribution in [2.24, 2.45) is 0 Å². The third-order valence-corrected chi connectivity index (χ3v) is 5.68. The van der Waals surface area contributed by atoms with Crippen molar-refractivity contribution in [3.63, 3.8) is 0 Å². The van der Waals surface area contributed by atoms with Crippen molar-refractivity contribution in [1.29, 1.82) is 0 Å². The number of sulfonamides is 1. The first-order valence-electron chi connectivity index (χ1n) is 7.87. The third-order valence-electron chi connectivity index (χ3n) is 3.80. The standard InChI is InChI=1S/C14H22N2O2S.C2H2O4/c1-3-19(17,18)16-10-8-15(9-11-16)12-14-6-4-13(2)5-7-14;3-1(4)2(5)6/h4-7H,3,8-12H2,1-2H3;(H,3,4)(H,5,6). The Kier molecular flexibility index (Phi) is 8.01. The van der Waals surface area contributed by atoms with E-state index in [1.54, 1.807) is 11.2 Å². The second-order valence-electron chi connectivity index (χ2n) is 5.67. The van der Waals surface area contributed by atoms with E-state index in [2.05, 4.69) is 36.1 Å². The van der Waals surface area contributed by atoms with E-state index in [-0.39, 0.29) is 5.75 Å². The van der Waals surface area contributed by atoms with Gasteiger partial charge in [-0.15, -0.1) is 0 Å². The van der Waals surface area contributed by atoms with Crippen LogP contribution < -0.4 is 0 Å². The number of piperazine rings is 1. The van der Waals surface area contributed by atoms with Gasteiger partial charge in [0.15, 0.2) is 0 Å². The van der Waals surface area contributed by atoms with Gasteiger partial charge in [0.1, 0.15) is 0 Å². The molecule has 1 aromatic rings. The lowest BCUT2D eigenvalue weighted by molar-refractivity contribution is -0.159. The van der Waals surface area contributed by atoms with E-state index in [0.717, 1.165) is 19.6 Å². The molecule has 9 heteroatoms. The molecule has 2 N–H and O–H groups in total. The van der Waals surface area contributed by atoms with Crippen LogP contribution in [0.3, 0.4) is 0 Å². The van der Waals surface area contributed by atoms with Gasteiger partial charge >= 0.3 is 11.9 Å². The van der Waals surface area contributed by atoms with Crippen LogP contribution in [0.15, 0.2) is 24.3 Å². The smallest absolute Gasteiger partial charge is 0.414 e. The maximum Gasteiger partial charge on any atom is 0.414 e. The fraction of sp³-hybridized carbons (Fsp3) is 0.500. The molecular formula is C16H24N2O6S. The molecule has 0 bridgehead atoms. The predicted octanol–water partition coefficient (Wildman–Crippen LogP) is 0.618. The number of hydrogen-bond donors (Lipinski definition) is 2. The highest BCUT2D eigenvalue weighted by Gasteiger charge is 2.25. The Labute approximate surface area is 147 Å². The number of aryl methyl sites for hydroxylation is 1. The maximum absolute atomic E-state index is 11.8. The van der Waals surface area contributed by atoms with E-state index in [4.69, 9.17) is 19.8 Å². The van der Waals surface area contributed by atoms with E-state index >= 15 is 0 Å². The van der Waals surface area contributed by atoms with Crippen molar-refractivity contribution >= 4 is 22.0 Å². The first-order valence-corrected chi connectivity index (χ1v) is 9.48. The van der Waals surface area contributed by atoms with Gasteiger partial charge in [0.25, 0.3) is 0 Å². The molecule has 0 radical (unpaired) electrons. The van der Waals surface area contributed by atoms with Crippen LogP contribution in [0.1, 0.15) is 18.1 Å². The fourth-order valence-electron chi connectivity index (χ4n) is 2.30. The summed E-state index contributed by atoms with van der Waals surface area (Å²) in [6, 6.07) is 8.52. The van der Waals surface area contributed by atoms with Crippen molar-refractivity contribution in [1.82, 2.24) is 9.21 Å². The average molecular weight is 372 g/mol. The Hall–Kier alpha value is -1.97. The highest BCUT2D eigenvalue weighted by Crippen LogP contribution is 2.12. The molecule has 1 heterocycles. The van der Waals surface area contributed by atoms with Gasteiger partial charge in [-0.1, -0.05) is 29.8 Å². The van der Waals surface area contributed by atoms with Crippen molar-refractivity contribution in [3.05, 3.63) is 35.4 Å². The number of hydrogen-bond acceptors (Lipinski definition) is 5. The fourth-order valence-corrected chi connectivity index (χ4v) is 3.38. The summed E-state index contributed by atoms with van der Waals surface area (Å²) in [4.78, 5) is 20.5. The molecule has 0 amide bonds. The van der Waals surface area contributed by atoms with Gasteiger partial charge < -0.3 is 10.2 Å². The monoisotopic (exact) mass is 372 g/mol. The normalized spacial score (nSPS) is 15.9. The van der Waals surface area contributed by atoms with E-state index in [9.17, 15) is 8.42 Å². The number of carboxylic acids is 2. The summed E-state index contributed by atoms with van der Waals surface area (Å²) in [6.45, 7) is 7.54. The van der Waals surface area contributed by atoms with Crippen LogP contribution >= 0.6 is 0 Å². The number of carbonyl (C=O) groups is 2. The summed E-state index contributed by atoms with van der Waals surface area (Å²) in [5, 5.41) is 14.8. The van der Waals surface area contributed by atoms with Gasteiger partial charge in [0, 0.05) is 32.7 Å². The topological polar surface area (TPSA) is 115 Å². The second-order valence-corrected chi connectivity index (χ2v) is 7.93. The molecule has 0 aliphatic carbocycles. The van der Waals surface area contributed by atoms with Crippen LogP contribution in [0.4, 0.5) is 0 Å². The number of benzene rings is 1. The lowest BCUT2D eigenvalue weighted by Crippen LogP contribution is -2.48. The Morgan fingerprint density at radius 3 is 1.88 bits per heavy atom. The van der Waals surface area contributed by atoms with Crippen LogP contribution in [-0.4, -0.2) is 71.7 Å². The molecule has 140 valence electrons. The lowest BCUT2D eigenvalue weighted by Gasteiger charge is -2.33. The van der Waals surface area contributed by atoms with Gasteiger partial charge in [0.2, 0.25) is 10.0 Å². The van der Waals surface area contributed by atoms with Crippen LogP contribution in [0, 0.1) is 6.92 Å². The van der Waals surface area contributed by atoms with Crippen molar-refractivity contribution in [2.75, 3.05) is 31.9 Å². The Morgan fingerprint density at radius 2 is 1.48 bits per heavy atom. The summed E-state index contributed by atoms with van der Waals surface area (Å²) >= 11 is 0. The molecule has 0 aromatic heterocycles. The van der Waals surface area contributed by atoms with Crippen LogP contribution in [0.25, 0.3) is 0 Å². The molecule has 25 heavy (non-hydrogen) atoms. The molecule has 0 saturated carbocycles. The molecule has 1 aromatic carbocycles. The molecule has 0 unspecified atom stereocenters. The summed E-state index contributed by atoms with van der Waals surface area (Å²) in [7, 11) is -3.02. The van der Waals surface area contributed by atoms with Crippen molar-refractivity contribution in [2.45, 2.75) is 20.4 Å². The summed E-state index contributed by atoms with van der Waals surface area (Å²) in [6.07, 6.45) is 0. The highest BCUT2D eigenvalue weighted by molar-refractivity contribution is 7.89. The largest absolute Gasteiger partial charge is 0.473 e. The second kappa shape index (κ2) is 9.50. The van der Waals surface area contributed by atoms with Gasteiger partial charge in [-0.3, -0.25) is 4.90 Å². The number of rotatable bonds is 4. The zero-order valence-electron chi connectivity index (χ0n) is 14.4. The molecular weight excluding hydrogens is 348 g/mol. The van der Waals surface area contributed by atoms with E-state index < -0.39 is 22.0 Å². The molecule has 0 atom stereocenters. The highest BCUT2D eigenvalue weighted by atomic mass is 32.2. The predicted molar refractivity (Wildman–Crippen MR) is 92.8 cm³/mol. The zero-order chi connectivity index (χ0) is 19.0. The van der Waals surface area contributed by atoms with E-state index in [0.29, 0.717) is 13.1 Å². The molecule has 1 fully saturated rings. The molecule has 1 saturated heterocycles. The van der Waals surface area contributed by atoms with Gasteiger partial charge in [-0.2, -0.15) is 4.31 Å². The van der Waals surface area contributed by atoms with E-state index in [1.165, 1.54) is 11.1 Å². The first-order chi connectivity index (χ1) is 11.7. The maximum atomic E-state index is 11.8. The van der Waals surface area contributed by atoms with Crippen molar-refractivity contribution < 1.29 is 28.2 Å². The molecule has 1 aliphatic rings. The van der Waals surface area contributed by atoms with Crippen LogP contribution in [0.2, 0.25) is 0 Å². The van der Waals surface area contributed by atoms with Crippen LogP contribution in [-0.2, 0) is 26.2 Å². The van der Waals surface area contributed by atoms with E-state index in [1.807, 2.05) is 0 Å². The summed E-state index contributed by atoms with van der Waals surface area (Å²) < 4.78 is 25.1. The number of carboxylic acid groups (broad SMARTS) is 2. The number of nitrogens with zero attached hydrogens (tertiary/aromatic N) is 2. The molecule has 1 aliphatic heterocycles. The number of aliphatic carboxylic acids is 2. The molecule has 0 spiro atoms. The quantitative estimate of drug-likeness (QED) is 0.744. The van der Waals surface area contributed by atoms with Gasteiger partial charge in [-0.25, -0.2) is 18.0 Å².